The average molecular weight is 373 g/mol. The molecule has 0 radical (unpaired) electrons. The second-order valence-corrected chi connectivity index (χ2v) is 8.81. The number of hydrogen-bond acceptors (Lipinski definition) is 4. The second kappa shape index (κ2) is 8.93. The Morgan fingerprint density at radius 1 is 1.11 bits per heavy atom. The summed E-state index contributed by atoms with van der Waals surface area (Å²) in [5, 5.41) is 0. The van der Waals surface area contributed by atoms with Crippen LogP contribution in [0.15, 0.2) is 24.3 Å². The minimum atomic E-state index is 0.240. The van der Waals surface area contributed by atoms with Gasteiger partial charge < -0.3 is 19.3 Å². The van der Waals surface area contributed by atoms with Crippen molar-refractivity contribution in [2.24, 2.45) is 0 Å². The van der Waals surface area contributed by atoms with Crippen LogP contribution >= 0.6 is 0 Å². The van der Waals surface area contributed by atoms with Gasteiger partial charge in [-0.25, -0.2) is 0 Å². The number of benzene rings is 1. The van der Waals surface area contributed by atoms with E-state index in [1.54, 1.807) is 0 Å². The molecule has 0 aromatic heterocycles. The molecule has 1 aliphatic carbocycles. The lowest BCUT2D eigenvalue weighted by molar-refractivity contribution is 0.0363. The van der Waals surface area contributed by atoms with Crippen molar-refractivity contribution in [3.8, 4) is 5.75 Å². The quantitative estimate of drug-likeness (QED) is 0.617. The molecule has 4 heteroatoms. The van der Waals surface area contributed by atoms with Crippen molar-refractivity contribution in [3.63, 3.8) is 0 Å². The first-order valence-corrected chi connectivity index (χ1v) is 11.0. The van der Waals surface area contributed by atoms with Gasteiger partial charge in [0.05, 0.1) is 6.61 Å². The van der Waals surface area contributed by atoms with Gasteiger partial charge in [0.2, 0.25) is 0 Å². The highest BCUT2D eigenvalue weighted by atomic mass is 16.5. The lowest BCUT2D eigenvalue weighted by atomic mass is 9.73. The molecule has 1 aromatic carbocycles. The molecule has 0 amide bonds. The van der Waals surface area contributed by atoms with Crippen molar-refractivity contribution < 1.29 is 9.47 Å². The van der Waals surface area contributed by atoms with E-state index in [0.29, 0.717) is 0 Å². The van der Waals surface area contributed by atoms with Crippen LogP contribution in [0.2, 0.25) is 0 Å². The zero-order chi connectivity index (χ0) is 18.5. The third-order valence-electron chi connectivity index (χ3n) is 6.72. The van der Waals surface area contributed by atoms with Crippen LogP contribution in [0.1, 0.15) is 50.5 Å². The van der Waals surface area contributed by atoms with Gasteiger partial charge in [-0.2, -0.15) is 0 Å². The first-order valence-electron chi connectivity index (χ1n) is 11.0. The highest BCUT2D eigenvalue weighted by molar-refractivity contribution is 5.33. The number of hydrogen-bond donors (Lipinski definition) is 0. The molecule has 0 N–H and O–H groups in total. The smallest absolute Gasteiger partial charge is 0.119 e. The van der Waals surface area contributed by atoms with Crippen molar-refractivity contribution in [2.45, 2.75) is 56.4 Å². The molecule has 4 nitrogen and oxygen atoms in total. The summed E-state index contributed by atoms with van der Waals surface area (Å²) in [5.41, 5.74) is 1.70. The van der Waals surface area contributed by atoms with Crippen molar-refractivity contribution >= 4 is 0 Å². The van der Waals surface area contributed by atoms with Crippen molar-refractivity contribution in [3.05, 3.63) is 29.8 Å². The Bertz CT molecular complexity index is 573. The third-order valence-corrected chi connectivity index (χ3v) is 6.72. The van der Waals surface area contributed by atoms with Gasteiger partial charge in [-0.15, -0.1) is 0 Å². The van der Waals surface area contributed by atoms with Gasteiger partial charge in [0.25, 0.3) is 0 Å². The molecule has 0 bridgehead atoms. The fraction of sp³-hybridized carbons (Fsp3) is 0.739. The molecule has 2 saturated heterocycles. The van der Waals surface area contributed by atoms with E-state index in [-0.39, 0.29) is 5.41 Å². The van der Waals surface area contributed by atoms with Crippen LogP contribution in [0.3, 0.4) is 0 Å². The van der Waals surface area contributed by atoms with E-state index >= 15 is 0 Å². The van der Waals surface area contributed by atoms with E-state index in [4.69, 9.17) is 9.47 Å². The molecule has 1 aromatic rings. The van der Waals surface area contributed by atoms with Crippen LogP contribution < -0.4 is 4.74 Å². The maximum Gasteiger partial charge on any atom is 0.119 e. The van der Waals surface area contributed by atoms with E-state index < -0.39 is 0 Å². The van der Waals surface area contributed by atoms with Crippen LogP contribution in [0.4, 0.5) is 0 Å². The van der Waals surface area contributed by atoms with Gasteiger partial charge in [-0.05, 0) is 82.8 Å². The van der Waals surface area contributed by atoms with Gasteiger partial charge in [-0.1, -0.05) is 12.1 Å². The predicted octanol–water partition coefficient (Wildman–Crippen LogP) is 3.69. The molecule has 1 saturated carbocycles. The number of ether oxygens (including phenoxy) is 2. The van der Waals surface area contributed by atoms with E-state index in [1.165, 1.54) is 50.9 Å². The first-order chi connectivity index (χ1) is 13.3. The topological polar surface area (TPSA) is 24.9 Å². The molecule has 3 aliphatic rings. The van der Waals surface area contributed by atoms with Crippen LogP contribution in [0, 0.1) is 0 Å². The van der Waals surface area contributed by atoms with Gasteiger partial charge >= 0.3 is 0 Å². The van der Waals surface area contributed by atoms with Gasteiger partial charge in [0.15, 0.2) is 0 Å². The normalized spacial score (nSPS) is 23.0. The molecular formula is C23H36N2O2. The number of nitrogens with zero attached hydrogens (tertiary/aromatic N) is 2. The minimum Gasteiger partial charge on any atom is -0.494 e. The summed E-state index contributed by atoms with van der Waals surface area (Å²) in [4.78, 5) is 5.13. The Labute approximate surface area is 164 Å². The zero-order valence-electron chi connectivity index (χ0n) is 17.0. The van der Waals surface area contributed by atoms with Crippen LogP contribution in [0.25, 0.3) is 0 Å². The lowest BCUT2D eigenvalue weighted by Crippen LogP contribution is -2.44. The third kappa shape index (κ3) is 5.04. The Kier molecular flexibility index (Phi) is 6.36. The fourth-order valence-corrected chi connectivity index (χ4v) is 4.81. The second-order valence-electron chi connectivity index (χ2n) is 8.81. The summed E-state index contributed by atoms with van der Waals surface area (Å²) in [6.45, 7) is 7.46. The summed E-state index contributed by atoms with van der Waals surface area (Å²) < 4.78 is 11.7. The van der Waals surface area contributed by atoms with Crippen molar-refractivity contribution in [1.29, 1.82) is 0 Å². The zero-order valence-corrected chi connectivity index (χ0v) is 17.0. The molecule has 0 spiro atoms. The number of likely N-dealkylation sites (tertiary alicyclic amines) is 1. The molecular weight excluding hydrogens is 336 g/mol. The van der Waals surface area contributed by atoms with Crippen molar-refractivity contribution in [1.82, 2.24) is 9.80 Å². The van der Waals surface area contributed by atoms with Crippen molar-refractivity contribution in [2.75, 3.05) is 53.0 Å². The molecule has 0 unspecified atom stereocenters. The minimum absolute atomic E-state index is 0.240. The molecule has 4 rings (SSSR count). The largest absolute Gasteiger partial charge is 0.494 e. The molecule has 150 valence electrons. The highest BCUT2D eigenvalue weighted by Gasteiger charge is 2.38. The summed E-state index contributed by atoms with van der Waals surface area (Å²) in [6.07, 6.45) is 8.84. The number of rotatable bonds is 9. The standard InChI is InChI=1S/C23H36N2O2/c1-24(21-7-8-21)19-23(11-17-26-18-12-23)20-5-9-22(10-6-20)27-16-4-15-25-13-2-3-14-25/h5-6,9-10,21H,2-4,7-8,11-19H2,1H3. The van der Waals surface area contributed by atoms with E-state index in [0.717, 1.165) is 57.4 Å². The maximum absolute atomic E-state index is 6.01. The number of likely N-dealkylation sites (N-methyl/N-ethyl adjacent to an activating group) is 1. The van der Waals surface area contributed by atoms with Gasteiger partial charge in [0.1, 0.15) is 5.75 Å². The maximum atomic E-state index is 6.01. The van der Waals surface area contributed by atoms with E-state index in [1.807, 2.05) is 0 Å². The SMILES string of the molecule is CN(CC1(c2ccc(OCCCN3CCCC3)cc2)CCOCC1)C1CC1. The Morgan fingerprint density at radius 2 is 1.81 bits per heavy atom. The van der Waals surface area contributed by atoms with Gasteiger partial charge in [-0.3, -0.25) is 0 Å². The Hall–Kier alpha value is -1.10. The van der Waals surface area contributed by atoms with Crippen LogP contribution in [-0.2, 0) is 10.2 Å². The summed E-state index contributed by atoms with van der Waals surface area (Å²) in [5.74, 6) is 1.01. The first kappa shape index (κ1) is 19.2. The summed E-state index contributed by atoms with van der Waals surface area (Å²) >= 11 is 0. The van der Waals surface area contributed by atoms with Crippen LogP contribution in [-0.4, -0.2) is 68.9 Å². The lowest BCUT2D eigenvalue weighted by Gasteiger charge is -2.40. The molecule has 3 fully saturated rings. The molecule has 2 heterocycles. The molecule has 27 heavy (non-hydrogen) atoms. The molecule has 0 atom stereocenters. The highest BCUT2D eigenvalue weighted by Crippen LogP contribution is 2.38. The average Bonchev–Trinajstić information content (AvgIpc) is 3.43. The molecule has 2 aliphatic heterocycles. The summed E-state index contributed by atoms with van der Waals surface area (Å²) in [7, 11) is 2.30. The van der Waals surface area contributed by atoms with Crippen LogP contribution in [0.5, 0.6) is 5.75 Å². The van der Waals surface area contributed by atoms with Gasteiger partial charge in [0, 0.05) is 37.8 Å². The van der Waals surface area contributed by atoms with E-state index in [9.17, 15) is 0 Å². The Balaban J connectivity index is 1.32. The Morgan fingerprint density at radius 3 is 2.48 bits per heavy atom. The predicted molar refractivity (Wildman–Crippen MR) is 110 cm³/mol. The summed E-state index contributed by atoms with van der Waals surface area (Å²) in [6, 6.07) is 9.78. The fourth-order valence-electron chi connectivity index (χ4n) is 4.81. The van der Waals surface area contributed by atoms with E-state index in [2.05, 4.69) is 41.1 Å². The monoisotopic (exact) mass is 372 g/mol.